The lowest BCUT2D eigenvalue weighted by molar-refractivity contribution is -0.160. The smallest absolute Gasteiger partial charge is 0.455 e. The molecule has 2 fully saturated rings. The minimum atomic E-state index is -5.26. The number of ether oxygens (including phenoxy) is 4. The van der Waals surface area contributed by atoms with Crippen molar-refractivity contribution < 1.29 is 71.6 Å². The fraction of sp³-hybridized carbons (Fsp3) is 0.606. The fourth-order valence-corrected chi connectivity index (χ4v) is 8.41. The Kier molecular flexibility index (Phi) is 15.7. The van der Waals surface area contributed by atoms with E-state index in [0.717, 1.165) is 23.5 Å². The number of nitrogens with zero attached hydrogens (tertiary/aromatic N) is 6. The molecule has 3 aromatic heterocycles. The Hall–Kier alpha value is -4.23. The molecule has 2 unspecified atom stereocenters. The van der Waals surface area contributed by atoms with Crippen LogP contribution in [-0.4, -0.2) is 134 Å². The Bertz CT molecular complexity index is 2140. The molecular weight excluding hydrogens is 840 g/mol. The molecule has 0 aliphatic carbocycles. The summed E-state index contributed by atoms with van der Waals surface area (Å²) in [5.41, 5.74) is 8.65. The number of esters is 1. The lowest BCUT2D eigenvalue weighted by Gasteiger charge is -2.27. The number of aromatic nitrogens is 6. The zero-order valence-corrected chi connectivity index (χ0v) is 34.3. The number of anilines is 2. The number of nitrogens with one attached hydrogen (secondary N) is 1. The molecule has 3 aromatic rings. The number of hydrogen-bond acceptors (Lipinski definition) is 19. The molecule has 5 rings (SSSR count). The largest absolute Gasteiger partial charge is 0.469 e. The molecule has 2 aliphatic rings. The van der Waals surface area contributed by atoms with E-state index < -0.39 is 101 Å². The summed E-state index contributed by atoms with van der Waals surface area (Å²) < 4.78 is 60.8. The van der Waals surface area contributed by atoms with Crippen LogP contribution in [0.2, 0.25) is 0 Å². The summed E-state index contributed by atoms with van der Waals surface area (Å²) in [6, 6.07) is -0.119. The monoisotopic (exact) mass is 889 g/mol. The summed E-state index contributed by atoms with van der Waals surface area (Å²) >= 11 is 0. The van der Waals surface area contributed by atoms with E-state index in [1.54, 1.807) is 0 Å². The van der Waals surface area contributed by atoms with Gasteiger partial charge in [-0.2, -0.15) is 4.98 Å². The van der Waals surface area contributed by atoms with Gasteiger partial charge in [-0.15, -0.1) is 6.58 Å². The highest BCUT2D eigenvalue weighted by molar-refractivity contribution is 7.53. The van der Waals surface area contributed by atoms with Crippen molar-refractivity contribution in [2.75, 3.05) is 37.9 Å². The first kappa shape index (κ1) is 46.8. The second-order valence-electron chi connectivity index (χ2n) is 14.3. The van der Waals surface area contributed by atoms with Gasteiger partial charge in [0.05, 0.1) is 19.5 Å². The van der Waals surface area contributed by atoms with Gasteiger partial charge in [0.25, 0.3) is 0 Å². The number of carbonyl (C=O) groups is 2. The predicted molar refractivity (Wildman–Crippen MR) is 206 cm³/mol. The molecule has 332 valence electrons. The minimum Gasteiger partial charge on any atom is -0.455 e. The molecule has 27 heteroatoms. The number of fused-ring (bicyclic) bond motifs is 1. The summed E-state index contributed by atoms with van der Waals surface area (Å²) in [4.78, 5) is 85.1. The number of allylic oxidation sites excluding steroid dienone is 1. The van der Waals surface area contributed by atoms with Gasteiger partial charge in [0, 0.05) is 32.3 Å². The summed E-state index contributed by atoms with van der Waals surface area (Å²) in [5.74, 6) is -1.39. The second kappa shape index (κ2) is 20.1. The summed E-state index contributed by atoms with van der Waals surface area (Å²) in [5, 5.41) is 25.6. The number of hydrogen-bond donors (Lipinski definition) is 8. The van der Waals surface area contributed by atoms with Gasteiger partial charge in [-0.3, -0.25) is 23.0 Å². The molecule has 10 N–H and O–H groups in total. The molecule has 0 bridgehead atoms. The minimum absolute atomic E-state index is 0.000920. The van der Waals surface area contributed by atoms with Crippen molar-refractivity contribution >= 4 is 50.1 Å². The van der Waals surface area contributed by atoms with E-state index in [1.165, 1.54) is 23.0 Å². The van der Waals surface area contributed by atoms with Gasteiger partial charge in [0.15, 0.2) is 30.0 Å². The molecule has 25 nitrogen and oxygen atoms in total. The number of nitrogens with two attached hydrogens (primary N) is 2. The number of amides is 1. The van der Waals surface area contributed by atoms with Crippen molar-refractivity contribution in [1.29, 1.82) is 0 Å². The normalized spacial score (nSPS) is 25.9. The number of imidazole rings is 1. The Balaban J connectivity index is 1.42. The third-order valence-corrected chi connectivity index (χ3v) is 11.9. The van der Waals surface area contributed by atoms with Crippen LogP contribution in [0.25, 0.3) is 11.2 Å². The molecule has 5 heterocycles. The van der Waals surface area contributed by atoms with Crippen LogP contribution < -0.4 is 22.5 Å². The quantitative estimate of drug-likeness (QED) is 0.0282. The van der Waals surface area contributed by atoms with Crippen molar-refractivity contribution in [3.8, 4) is 0 Å². The highest BCUT2D eigenvalue weighted by atomic mass is 31.2. The first-order valence-electron chi connectivity index (χ1n) is 18.6. The molecule has 10 atom stereocenters. The Labute approximate surface area is 341 Å². The van der Waals surface area contributed by atoms with Crippen molar-refractivity contribution in [3.63, 3.8) is 0 Å². The van der Waals surface area contributed by atoms with Crippen molar-refractivity contribution in [2.24, 2.45) is 5.92 Å². The van der Waals surface area contributed by atoms with Crippen LogP contribution >= 0.6 is 15.4 Å². The molecule has 60 heavy (non-hydrogen) atoms. The molecule has 0 spiro atoms. The maximum absolute atomic E-state index is 14.1. The fourth-order valence-electron chi connectivity index (χ4n) is 6.43. The molecular formula is C33H49N9O16P2. The highest BCUT2D eigenvalue weighted by Gasteiger charge is 2.56. The van der Waals surface area contributed by atoms with Crippen molar-refractivity contribution in [2.45, 2.75) is 94.2 Å². The second-order valence-corrected chi connectivity index (χ2v) is 17.5. The first-order valence-corrected chi connectivity index (χ1v) is 21.8. The van der Waals surface area contributed by atoms with Crippen LogP contribution in [0.1, 0.15) is 52.0 Å². The van der Waals surface area contributed by atoms with E-state index >= 15 is 0 Å². The molecule has 0 saturated carbocycles. The van der Waals surface area contributed by atoms with E-state index in [0.29, 0.717) is 18.9 Å². The van der Waals surface area contributed by atoms with E-state index in [1.807, 2.05) is 13.8 Å². The van der Waals surface area contributed by atoms with Gasteiger partial charge in [-0.25, -0.2) is 29.1 Å². The lowest BCUT2D eigenvalue weighted by Crippen LogP contribution is -2.47. The van der Waals surface area contributed by atoms with E-state index in [2.05, 4.69) is 36.4 Å². The summed E-state index contributed by atoms with van der Waals surface area (Å²) in [7, 11) is -10.5. The van der Waals surface area contributed by atoms with Crippen LogP contribution in [0.3, 0.4) is 0 Å². The van der Waals surface area contributed by atoms with Crippen molar-refractivity contribution in [3.05, 3.63) is 48.1 Å². The van der Waals surface area contributed by atoms with Crippen LogP contribution in [0.4, 0.5) is 11.6 Å². The van der Waals surface area contributed by atoms with Gasteiger partial charge in [-0.1, -0.05) is 19.9 Å². The van der Waals surface area contributed by atoms with Crippen LogP contribution in [-0.2, 0) is 46.7 Å². The maximum Gasteiger partial charge on any atom is 0.469 e. The van der Waals surface area contributed by atoms with Gasteiger partial charge in [-0.05, 0) is 24.8 Å². The number of nitrogen functional groups attached to an aromatic ring is 2. The van der Waals surface area contributed by atoms with Gasteiger partial charge in [0.1, 0.15) is 53.8 Å². The van der Waals surface area contributed by atoms with E-state index in [-0.39, 0.29) is 42.2 Å². The SMILES string of the molecule is C=CCCC(=O)N[C@@H](CCOCCC(C)C)C(=O)O[C@@H]1C(COP(=O)(O)[C@H]2[C@@H](O)[C@H](n3ccc(N)nc3=O)O[C@@H]2COP(=O)(O)O)O[C@@H](n2cnc3c(N)ncnc32)[C@@H]1O. The first-order chi connectivity index (χ1) is 28.3. The lowest BCUT2D eigenvalue weighted by atomic mass is 10.1. The third-order valence-electron chi connectivity index (χ3n) is 9.48. The van der Waals surface area contributed by atoms with E-state index in [4.69, 9.17) is 34.9 Å². The Morgan fingerprint density at radius 3 is 2.37 bits per heavy atom. The third kappa shape index (κ3) is 11.6. The molecule has 1 amide bonds. The van der Waals surface area contributed by atoms with Crippen molar-refractivity contribution in [1.82, 2.24) is 34.4 Å². The standard InChI is InChI=1S/C33H49N9O16P2/c1-4-5-6-22(43)39-18(9-12-53-11-8-17(2)3)32(46)58-26-19(56-30(24(26)44)42-16-38-23-28(35)36-15-37-29(23)42)13-54-59(48,49)27-20(14-55-60(50,51)52)57-31(25(27)45)41-10-7-21(34)40-33(41)47/h4,7,10,15-20,24-27,30-31,44-45H,1,5-6,8-9,11-14H2,2-3H3,(H,39,43)(H,48,49)(H2,34,40,47)(H2,35,36,37)(H2,50,51,52)/t18-,19?,20+,24+,25+,26+,27+,30+,31+/m0/s1. The average Bonchev–Trinajstić information content (AvgIpc) is 3.85. The predicted octanol–water partition coefficient (Wildman–Crippen LogP) is -0.740. The number of aliphatic hydroxyl groups is 2. The molecule has 0 radical (unpaired) electrons. The number of aliphatic hydroxyl groups excluding tert-OH is 2. The number of rotatable bonds is 21. The molecule has 2 saturated heterocycles. The van der Waals surface area contributed by atoms with Gasteiger partial charge >= 0.3 is 27.1 Å². The molecule has 0 aromatic carbocycles. The number of phosphoric ester groups is 1. The zero-order chi connectivity index (χ0) is 43.9. The van der Waals surface area contributed by atoms with Crippen LogP contribution in [0.15, 0.2) is 42.4 Å². The topological polar surface area (TPSA) is 367 Å². The number of carbonyl (C=O) groups excluding carboxylic acids is 2. The highest BCUT2D eigenvalue weighted by Crippen LogP contribution is 2.56. The van der Waals surface area contributed by atoms with Crippen LogP contribution in [0, 0.1) is 5.92 Å². The number of phosphoric acid groups is 1. The van der Waals surface area contributed by atoms with Gasteiger partial charge < -0.3 is 65.1 Å². The maximum atomic E-state index is 14.1. The Morgan fingerprint density at radius 2 is 1.68 bits per heavy atom. The summed E-state index contributed by atoms with van der Waals surface area (Å²) in [6.45, 7) is 6.04. The molecule has 2 aliphatic heterocycles. The average molecular weight is 890 g/mol. The van der Waals surface area contributed by atoms with E-state index in [9.17, 15) is 48.4 Å². The zero-order valence-electron chi connectivity index (χ0n) is 32.5. The Morgan fingerprint density at radius 1 is 1.00 bits per heavy atom. The van der Waals surface area contributed by atoms with Crippen LogP contribution in [0.5, 0.6) is 0 Å². The summed E-state index contributed by atoms with van der Waals surface area (Å²) in [6.07, 6.45) is -6.11. The van der Waals surface area contributed by atoms with Gasteiger partial charge in [0.2, 0.25) is 5.91 Å².